The summed E-state index contributed by atoms with van der Waals surface area (Å²) < 4.78 is 19.3. The van der Waals surface area contributed by atoms with Crippen LogP contribution in [0.25, 0.3) is 10.8 Å². The monoisotopic (exact) mass is 431 g/mol. The Morgan fingerprint density at radius 3 is 2.58 bits per heavy atom. The van der Waals surface area contributed by atoms with Gasteiger partial charge in [0, 0.05) is 31.2 Å². The van der Waals surface area contributed by atoms with Gasteiger partial charge in [-0.15, -0.1) is 0 Å². The summed E-state index contributed by atoms with van der Waals surface area (Å²) in [6.45, 7) is 8.37. The van der Waals surface area contributed by atoms with Crippen LogP contribution in [0, 0.1) is 12.7 Å². The number of aromatic amines is 1. The van der Waals surface area contributed by atoms with Gasteiger partial charge in [0.25, 0.3) is 5.56 Å². The number of aromatic nitrogens is 1. The predicted molar refractivity (Wildman–Crippen MR) is 117 cm³/mol. The molecule has 1 saturated heterocycles. The molecule has 0 spiro atoms. The lowest BCUT2D eigenvalue weighted by Gasteiger charge is -2.33. The maximum Gasteiger partial charge on any atom is 0.407 e. The Bertz CT molecular complexity index is 1030. The number of carbonyl (C=O) groups excluding carboxylic acids is 2. The number of hydrogen-bond acceptors (Lipinski definition) is 4. The Morgan fingerprint density at radius 2 is 1.94 bits per heavy atom. The molecule has 0 bridgehead atoms. The standard InChI is InChI=1S/C23H30FN3O4/c1-14-5-7-18(24)20-17(14)13-16(25-21(20)29)6-8-19(28)27-11-9-15(10-12-27)26-22(30)31-23(2,3)4/h5,7,13,15H,6,8-12H2,1-4H3,(H,25,29)(H,26,30). The Hall–Kier alpha value is -2.90. The van der Waals surface area contributed by atoms with Gasteiger partial charge in [0.05, 0.1) is 5.39 Å². The number of amides is 2. The molecule has 0 aliphatic carbocycles. The highest BCUT2D eigenvalue weighted by Gasteiger charge is 2.25. The molecule has 8 heteroatoms. The number of nitrogens with zero attached hydrogens (tertiary/aromatic N) is 1. The van der Waals surface area contributed by atoms with Gasteiger partial charge in [0.1, 0.15) is 11.4 Å². The van der Waals surface area contributed by atoms with E-state index in [4.69, 9.17) is 4.74 Å². The molecule has 1 fully saturated rings. The molecule has 168 valence electrons. The van der Waals surface area contributed by atoms with Gasteiger partial charge in [-0.3, -0.25) is 9.59 Å². The third-order valence-electron chi connectivity index (χ3n) is 5.41. The fraction of sp³-hybridized carbons (Fsp3) is 0.522. The molecular formula is C23H30FN3O4. The van der Waals surface area contributed by atoms with Crippen molar-refractivity contribution in [2.75, 3.05) is 13.1 Å². The number of alkyl carbamates (subject to hydrolysis) is 1. The summed E-state index contributed by atoms with van der Waals surface area (Å²) in [6.07, 6.45) is 1.51. The van der Waals surface area contributed by atoms with Crippen LogP contribution in [0.4, 0.5) is 9.18 Å². The van der Waals surface area contributed by atoms with Crippen molar-refractivity contribution in [3.63, 3.8) is 0 Å². The number of fused-ring (bicyclic) bond motifs is 1. The van der Waals surface area contributed by atoms with Crippen LogP contribution in [0.1, 0.15) is 51.3 Å². The second kappa shape index (κ2) is 9.08. The average Bonchev–Trinajstić information content (AvgIpc) is 2.68. The van der Waals surface area contributed by atoms with Crippen molar-refractivity contribution in [2.24, 2.45) is 0 Å². The molecule has 0 radical (unpaired) electrons. The van der Waals surface area contributed by atoms with Crippen LogP contribution in [0.5, 0.6) is 0 Å². The SMILES string of the molecule is Cc1ccc(F)c2c(=O)[nH]c(CCC(=O)N3CCC(NC(=O)OC(C)(C)C)CC3)cc12. The van der Waals surface area contributed by atoms with E-state index in [9.17, 15) is 18.8 Å². The Morgan fingerprint density at radius 1 is 1.26 bits per heavy atom. The lowest BCUT2D eigenvalue weighted by Crippen LogP contribution is -2.47. The molecule has 0 unspecified atom stereocenters. The van der Waals surface area contributed by atoms with Crippen LogP contribution < -0.4 is 10.9 Å². The molecule has 2 heterocycles. The highest BCUT2D eigenvalue weighted by Crippen LogP contribution is 2.20. The molecule has 2 aromatic rings. The highest BCUT2D eigenvalue weighted by molar-refractivity contribution is 5.85. The van der Waals surface area contributed by atoms with Crippen LogP contribution in [0.2, 0.25) is 0 Å². The van der Waals surface area contributed by atoms with Gasteiger partial charge >= 0.3 is 6.09 Å². The molecule has 0 saturated carbocycles. The number of halogens is 1. The first-order chi connectivity index (χ1) is 14.5. The fourth-order valence-corrected chi connectivity index (χ4v) is 3.81. The quantitative estimate of drug-likeness (QED) is 0.776. The molecule has 7 nitrogen and oxygen atoms in total. The molecule has 3 rings (SSSR count). The molecule has 2 amide bonds. The summed E-state index contributed by atoms with van der Waals surface area (Å²) in [4.78, 5) is 41.3. The van der Waals surface area contributed by atoms with Gasteiger partial charge in [-0.05, 0) is 70.0 Å². The zero-order valence-corrected chi connectivity index (χ0v) is 18.5. The Labute approximate surface area is 181 Å². The number of likely N-dealkylation sites (tertiary alicyclic amines) is 1. The molecule has 1 aliphatic heterocycles. The van der Waals surface area contributed by atoms with Crippen LogP contribution >= 0.6 is 0 Å². The van der Waals surface area contributed by atoms with Crippen LogP contribution in [0.3, 0.4) is 0 Å². The number of aryl methyl sites for hydroxylation is 2. The molecule has 1 aromatic heterocycles. The van der Waals surface area contributed by atoms with Gasteiger partial charge in [-0.1, -0.05) is 6.07 Å². The molecule has 31 heavy (non-hydrogen) atoms. The number of H-pyrrole nitrogens is 1. The normalized spacial score (nSPS) is 15.2. The first-order valence-corrected chi connectivity index (χ1v) is 10.6. The Kier molecular flexibility index (Phi) is 6.67. The zero-order chi connectivity index (χ0) is 22.8. The van der Waals surface area contributed by atoms with Gasteiger partial charge in [0.15, 0.2) is 0 Å². The van der Waals surface area contributed by atoms with Crippen molar-refractivity contribution in [3.8, 4) is 0 Å². The number of piperidine rings is 1. The molecular weight excluding hydrogens is 401 g/mol. The molecule has 1 aromatic carbocycles. The third kappa shape index (κ3) is 5.83. The summed E-state index contributed by atoms with van der Waals surface area (Å²) in [7, 11) is 0. The number of carbonyl (C=O) groups is 2. The van der Waals surface area contributed by atoms with Gasteiger partial charge < -0.3 is 19.9 Å². The van der Waals surface area contributed by atoms with E-state index in [0.717, 1.165) is 5.56 Å². The van der Waals surface area contributed by atoms with Crippen molar-refractivity contribution in [1.29, 1.82) is 0 Å². The van der Waals surface area contributed by atoms with E-state index in [1.807, 2.05) is 27.7 Å². The second-order valence-electron chi connectivity index (χ2n) is 9.08. The van der Waals surface area contributed by atoms with Crippen molar-refractivity contribution in [1.82, 2.24) is 15.2 Å². The van der Waals surface area contributed by atoms with Gasteiger partial charge in [0.2, 0.25) is 5.91 Å². The number of rotatable bonds is 4. The minimum Gasteiger partial charge on any atom is -0.444 e. The van der Waals surface area contributed by atoms with E-state index in [0.29, 0.717) is 43.4 Å². The largest absolute Gasteiger partial charge is 0.444 e. The molecule has 1 aliphatic rings. The van der Waals surface area contributed by atoms with Crippen LogP contribution in [0.15, 0.2) is 23.0 Å². The minimum absolute atomic E-state index is 0.00683. The first kappa shape index (κ1) is 22.8. The summed E-state index contributed by atoms with van der Waals surface area (Å²) >= 11 is 0. The summed E-state index contributed by atoms with van der Waals surface area (Å²) in [5, 5.41) is 3.48. The van der Waals surface area contributed by atoms with Crippen LogP contribution in [-0.4, -0.2) is 46.6 Å². The van der Waals surface area contributed by atoms with E-state index in [1.165, 1.54) is 6.07 Å². The third-order valence-corrected chi connectivity index (χ3v) is 5.41. The number of hydrogen-bond donors (Lipinski definition) is 2. The van der Waals surface area contributed by atoms with Crippen molar-refractivity contribution in [3.05, 3.63) is 45.6 Å². The highest BCUT2D eigenvalue weighted by atomic mass is 19.1. The first-order valence-electron chi connectivity index (χ1n) is 10.6. The second-order valence-corrected chi connectivity index (χ2v) is 9.08. The lowest BCUT2D eigenvalue weighted by molar-refractivity contribution is -0.132. The Balaban J connectivity index is 1.54. The zero-order valence-electron chi connectivity index (χ0n) is 18.5. The van der Waals surface area contributed by atoms with Crippen molar-refractivity contribution < 1.29 is 18.7 Å². The van der Waals surface area contributed by atoms with Crippen molar-refractivity contribution >= 4 is 22.8 Å². The van der Waals surface area contributed by atoms with Crippen LogP contribution in [-0.2, 0) is 16.0 Å². The van der Waals surface area contributed by atoms with E-state index in [2.05, 4.69) is 10.3 Å². The lowest BCUT2D eigenvalue weighted by atomic mass is 10.0. The topological polar surface area (TPSA) is 91.5 Å². The minimum atomic E-state index is -0.549. The number of benzene rings is 1. The van der Waals surface area contributed by atoms with E-state index >= 15 is 0 Å². The number of ether oxygens (including phenoxy) is 1. The van der Waals surface area contributed by atoms with Crippen molar-refractivity contribution in [2.45, 2.75) is 65.0 Å². The summed E-state index contributed by atoms with van der Waals surface area (Å²) in [5.41, 5.74) is 0.403. The van der Waals surface area contributed by atoms with E-state index in [-0.39, 0.29) is 23.8 Å². The summed E-state index contributed by atoms with van der Waals surface area (Å²) in [5.74, 6) is -0.556. The van der Waals surface area contributed by atoms with Gasteiger partial charge in [-0.25, -0.2) is 9.18 Å². The summed E-state index contributed by atoms with van der Waals surface area (Å²) in [6, 6.07) is 4.66. The predicted octanol–water partition coefficient (Wildman–Crippen LogP) is 3.42. The maximum absolute atomic E-state index is 14.0. The molecule has 2 N–H and O–H groups in total. The average molecular weight is 432 g/mol. The fourth-order valence-electron chi connectivity index (χ4n) is 3.81. The van der Waals surface area contributed by atoms with Gasteiger partial charge in [-0.2, -0.15) is 0 Å². The number of pyridine rings is 1. The smallest absolute Gasteiger partial charge is 0.407 e. The van der Waals surface area contributed by atoms with E-state index in [1.54, 1.807) is 17.0 Å². The molecule has 0 atom stereocenters. The maximum atomic E-state index is 14.0. The van der Waals surface area contributed by atoms with E-state index < -0.39 is 23.1 Å². The number of nitrogens with one attached hydrogen (secondary N) is 2.